The number of aliphatic hydroxyl groups excluding tert-OH is 1. The lowest BCUT2D eigenvalue weighted by atomic mass is 10.1. The van der Waals surface area contributed by atoms with Crippen LogP contribution in [0.4, 0.5) is 0 Å². The maximum Gasteiger partial charge on any atom is 0.276 e. The minimum Gasteiger partial charge on any atom is -0.497 e. The first-order valence-electron chi connectivity index (χ1n) is 9.32. The highest BCUT2D eigenvalue weighted by Gasteiger charge is 2.29. The predicted molar refractivity (Wildman–Crippen MR) is 104 cm³/mol. The summed E-state index contributed by atoms with van der Waals surface area (Å²) in [4.78, 5) is 18.4. The van der Waals surface area contributed by atoms with Gasteiger partial charge in [-0.2, -0.15) is 0 Å². The van der Waals surface area contributed by atoms with Gasteiger partial charge >= 0.3 is 0 Å². The van der Waals surface area contributed by atoms with Crippen LogP contribution < -0.4 is 9.47 Å². The van der Waals surface area contributed by atoms with Crippen molar-refractivity contribution in [2.75, 3.05) is 33.5 Å². The molecule has 1 aliphatic heterocycles. The number of oxazole rings is 1. The fourth-order valence-electron chi connectivity index (χ4n) is 3.26. The molecule has 1 unspecified atom stereocenters. The van der Waals surface area contributed by atoms with Crippen molar-refractivity contribution in [1.82, 2.24) is 9.88 Å². The fraction of sp³-hybridized carbons (Fsp3) is 0.333. The zero-order valence-electron chi connectivity index (χ0n) is 16.0. The van der Waals surface area contributed by atoms with Gasteiger partial charge in [0.2, 0.25) is 5.89 Å². The number of aromatic nitrogens is 1. The first kappa shape index (κ1) is 19.2. The molecule has 0 radical (unpaired) electrons. The molecule has 2 heterocycles. The van der Waals surface area contributed by atoms with E-state index in [2.05, 4.69) is 4.98 Å². The summed E-state index contributed by atoms with van der Waals surface area (Å²) in [5, 5.41) is 11.5. The molecule has 4 rings (SSSR count). The molecule has 1 atom stereocenters. The van der Waals surface area contributed by atoms with Gasteiger partial charge in [0.25, 0.3) is 5.91 Å². The second-order valence-electron chi connectivity index (χ2n) is 6.70. The van der Waals surface area contributed by atoms with E-state index >= 15 is 0 Å². The molecule has 1 N–H and O–H groups in total. The summed E-state index contributed by atoms with van der Waals surface area (Å²) in [5.41, 5.74) is 0.187. The zero-order valence-corrected chi connectivity index (χ0v) is 16.0. The Morgan fingerprint density at radius 1 is 1.24 bits per heavy atom. The van der Waals surface area contributed by atoms with Crippen LogP contribution in [-0.4, -0.2) is 60.4 Å². The summed E-state index contributed by atoms with van der Waals surface area (Å²) < 4.78 is 21.7. The number of fused-ring (bicyclic) bond motifs is 1. The quantitative estimate of drug-likeness (QED) is 0.681. The van der Waals surface area contributed by atoms with Crippen LogP contribution in [0, 0.1) is 0 Å². The number of carbonyl (C=O) groups excluding carboxylic acids is 1. The van der Waals surface area contributed by atoms with Crippen molar-refractivity contribution in [2.45, 2.75) is 12.6 Å². The number of hydrogen-bond acceptors (Lipinski definition) is 7. The van der Waals surface area contributed by atoms with E-state index in [1.807, 2.05) is 36.4 Å². The predicted octanol–water partition coefficient (Wildman–Crippen LogP) is 2.25. The standard InChI is InChI=1S/C21H22N2O6/c1-26-17-4-2-14-3-5-18(9-15(14)8-17)28-13-20-22-19(12-29-20)21(25)23-6-7-27-11-16(23)10-24/h2-5,8-9,12,16,24H,6-7,10-11,13H2,1H3. The molecule has 0 spiro atoms. The summed E-state index contributed by atoms with van der Waals surface area (Å²) >= 11 is 0. The number of hydrogen-bond donors (Lipinski definition) is 1. The van der Waals surface area contributed by atoms with E-state index in [0.717, 1.165) is 16.5 Å². The molecule has 29 heavy (non-hydrogen) atoms. The van der Waals surface area contributed by atoms with Crippen molar-refractivity contribution in [3.63, 3.8) is 0 Å². The average Bonchev–Trinajstić information content (AvgIpc) is 3.25. The lowest BCUT2D eigenvalue weighted by Gasteiger charge is -2.33. The highest BCUT2D eigenvalue weighted by molar-refractivity contribution is 5.92. The van der Waals surface area contributed by atoms with Gasteiger partial charge in [0.15, 0.2) is 12.3 Å². The highest BCUT2D eigenvalue weighted by Crippen LogP contribution is 2.25. The molecule has 1 amide bonds. The van der Waals surface area contributed by atoms with Gasteiger partial charge in [-0.05, 0) is 35.0 Å². The van der Waals surface area contributed by atoms with Crippen LogP contribution in [0.2, 0.25) is 0 Å². The number of morpholine rings is 1. The van der Waals surface area contributed by atoms with Crippen molar-refractivity contribution in [2.24, 2.45) is 0 Å². The second kappa shape index (κ2) is 8.50. The van der Waals surface area contributed by atoms with Crippen molar-refractivity contribution in [1.29, 1.82) is 0 Å². The summed E-state index contributed by atoms with van der Waals surface area (Å²) in [6.07, 6.45) is 1.32. The van der Waals surface area contributed by atoms with E-state index in [-0.39, 0.29) is 30.9 Å². The Balaban J connectivity index is 1.42. The monoisotopic (exact) mass is 398 g/mol. The van der Waals surface area contributed by atoms with Gasteiger partial charge < -0.3 is 28.6 Å². The third kappa shape index (κ3) is 4.18. The Hall–Kier alpha value is -3.10. The lowest BCUT2D eigenvalue weighted by Crippen LogP contribution is -2.50. The molecular formula is C21H22N2O6. The molecule has 2 aromatic carbocycles. The van der Waals surface area contributed by atoms with Crippen LogP contribution in [0.1, 0.15) is 16.4 Å². The van der Waals surface area contributed by atoms with E-state index in [1.165, 1.54) is 6.26 Å². The molecule has 0 aliphatic carbocycles. The number of ether oxygens (including phenoxy) is 3. The van der Waals surface area contributed by atoms with Gasteiger partial charge in [0, 0.05) is 6.54 Å². The van der Waals surface area contributed by atoms with Crippen LogP contribution in [-0.2, 0) is 11.3 Å². The third-order valence-electron chi connectivity index (χ3n) is 4.85. The highest BCUT2D eigenvalue weighted by atomic mass is 16.5. The molecule has 1 saturated heterocycles. The molecule has 152 valence electrons. The molecule has 0 saturated carbocycles. The topological polar surface area (TPSA) is 94.3 Å². The first-order valence-corrected chi connectivity index (χ1v) is 9.32. The molecule has 8 nitrogen and oxygen atoms in total. The molecule has 1 aromatic heterocycles. The minimum absolute atomic E-state index is 0.0926. The molecule has 1 fully saturated rings. The van der Waals surface area contributed by atoms with E-state index < -0.39 is 0 Å². The van der Waals surface area contributed by atoms with E-state index in [1.54, 1.807) is 12.0 Å². The number of amides is 1. The summed E-state index contributed by atoms with van der Waals surface area (Å²) in [6, 6.07) is 11.2. The zero-order chi connectivity index (χ0) is 20.2. The van der Waals surface area contributed by atoms with Gasteiger partial charge in [-0.25, -0.2) is 4.98 Å². The number of aliphatic hydroxyl groups is 1. The minimum atomic E-state index is -0.373. The van der Waals surface area contributed by atoms with E-state index in [4.69, 9.17) is 18.6 Å². The number of nitrogens with zero attached hydrogens (tertiary/aromatic N) is 2. The van der Waals surface area contributed by atoms with Crippen LogP contribution in [0.5, 0.6) is 11.5 Å². The molecule has 1 aliphatic rings. The Labute approximate surface area is 167 Å². The van der Waals surface area contributed by atoms with Crippen molar-refractivity contribution < 1.29 is 28.5 Å². The molecule has 3 aromatic rings. The molecule has 0 bridgehead atoms. The Morgan fingerprint density at radius 3 is 2.83 bits per heavy atom. The molecule has 8 heteroatoms. The summed E-state index contributed by atoms with van der Waals surface area (Å²) in [7, 11) is 1.63. The number of rotatable bonds is 6. The van der Waals surface area contributed by atoms with E-state index in [9.17, 15) is 9.90 Å². The fourth-order valence-corrected chi connectivity index (χ4v) is 3.26. The van der Waals surface area contributed by atoms with Crippen molar-refractivity contribution in [3.8, 4) is 11.5 Å². The lowest BCUT2D eigenvalue weighted by molar-refractivity contribution is -0.0186. The van der Waals surface area contributed by atoms with Gasteiger partial charge in [0.1, 0.15) is 17.8 Å². The number of methoxy groups -OCH3 is 1. The maximum atomic E-state index is 12.6. The van der Waals surface area contributed by atoms with Gasteiger partial charge in [-0.15, -0.1) is 0 Å². The average molecular weight is 398 g/mol. The summed E-state index contributed by atoms with van der Waals surface area (Å²) in [5.74, 6) is 1.44. The largest absolute Gasteiger partial charge is 0.497 e. The van der Waals surface area contributed by atoms with Crippen LogP contribution in [0.3, 0.4) is 0 Å². The molecular weight excluding hydrogens is 376 g/mol. The van der Waals surface area contributed by atoms with Gasteiger partial charge in [0.05, 0.1) is 33.0 Å². The SMILES string of the molecule is COc1ccc2ccc(OCc3nc(C(=O)N4CCOCC4CO)co3)cc2c1. The number of benzene rings is 2. The third-order valence-corrected chi connectivity index (χ3v) is 4.85. The Morgan fingerprint density at radius 2 is 2.03 bits per heavy atom. The van der Waals surface area contributed by atoms with Gasteiger partial charge in [-0.1, -0.05) is 12.1 Å². The smallest absolute Gasteiger partial charge is 0.276 e. The van der Waals surface area contributed by atoms with Crippen LogP contribution in [0.25, 0.3) is 10.8 Å². The first-order chi connectivity index (χ1) is 14.2. The van der Waals surface area contributed by atoms with Crippen molar-refractivity contribution in [3.05, 3.63) is 54.2 Å². The summed E-state index contributed by atoms with van der Waals surface area (Å²) in [6.45, 7) is 1.08. The van der Waals surface area contributed by atoms with Gasteiger partial charge in [-0.3, -0.25) is 4.79 Å². The Bertz CT molecular complexity index is 1000. The second-order valence-corrected chi connectivity index (χ2v) is 6.70. The van der Waals surface area contributed by atoms with Crippen LogP contribution >= 0.6 is 0 Å². The van der Waals surface area contributed by atoms with Crippen LogP contribution in [0.15, 0.2) is 47.1 Å². The Kier molecular flexibility index (Phi) is 5.64. The van der Waals surface area contributed by atoms with Crippen molar-refractivity contribution >= 4 is 16.7 Å². The normalized spacial score (nSPS) is 16.8. The van der Waals surface area contributed by atoms with E-state index in [0.29, 0.717) is 31.4 Å². The number of carbonyl (C=O) groups is 1. The maximum absolute atomic E-state index is 12.6.